The van der Waals surface area contributed by atoms with Crippen LogP contribution in [0.1, 0.15) is 23.1 Å². The lowest BCUT2D eigenvalue weighted by atomic mass is 10.0. The lowest BCUT2D eigenvalue weighted by Crippen LogP contribution is -2.43. The zero-order chi connectivity index (χ0) is 23.7. The van der Waals surface area contributed by atoms with Gasteiger partial charge in [-0.3, -0.25) is 0 Å². The van der Waals surface area contributed by atoms with E-state index in [1.165, 1.54) is 0 Å². The van der Waals surface area contributed by atoms with Crippen LogP contribution in [-0.4, -0.2) is 59.9 Å². The molecule has 8 nitrogen and oxygen atoms in total. The molecule has 0 radical (unpaired) electrons. The minimum Gasteiger partial charge on any atom is -0.483 e. The van der Waals surface area contributed by atoms with Crippen LogP contribution < -0.4 is 15.0 Å². The topological polar surface area (TPSA) is 77.3 Å². The molecule has 0 saturated carbocycles. The van der Waals surface area contributed by atoms with Crippen molar-refractivity contribution >= 4 is 16.7 Å². The van der Waals surface area contributed by atoms with E-state index in [4.69, 9.17) is 14.6 Å². The molecular weight excluding hydrogens is 428 g/mol. The number of fused-ring (bicyclic) bond motifs is 1. The summed E-state index contributed by atoms with van der Waals surface area (Å²) in [5, 5.41) is 18.1. The van der Waals surface area contributed by atoms with Gasteiger partial charge in [0.1, 0.15) is 17.4 Å². The van der Waals surface area contributed by atoms with Crippen molar-refractivity contribution in [2.45, 2.75) is 26.1 Å². The van der Waals surface area contributed by atoms with Gasteiger partial charge in [0.2, 0.25) is 0 Å². The van der Waals surface area contributed by atoms with Crippen molar-refractivity contribution in [3.63, 3.8) is 0 Å². The fourth-order valence-corrected chi connectivity index (χ4v) is 4.48. The molecular formula is C26H30N6O2. The molecule has 1 aliphatic rings. The lowest BCUT2D eigenvalue weighted by Gasteiger charge is -2.31. The van der Waals surface area contributed by atoms with E-state index >= 15 is 0 Å². The summed E-state index contributed by atoms with van der Waals surface area (Å²) in [5.41, 5.74) is 4.73. The molecule has 2 aromatic heterocycles. The van der Waals surface area contributed by atoms with Gasteiger partial charge in [0.25, 0.3) is 0 Å². The first-order valence-corrected chi connectivity index (χ1v) is 11.6. The SMILES string of the molecule is Cc1nnc(N(C)C)c2nn(-c3cccc(O[C@H](c4ccccc4)[C@@H]4CNCCO4)c3)c(C)c12. The van der Waals surface area contributed by atoms with Crippen molar-refractivity contribution in [1.82, 2.24) is 25.3 Å². The van der Waals surface area contributed by atoms with Gasteiger partial charge in [0.05, 0.1) is 29.1 Å². The zero-order valence-electron chi connectivity index (χ0n) is 20.0. The maximum Gasteiger partial charge on any atom is 0.179 e. The van der Waals surface area contributed by atoms with Gasteiger partial charge in [-0.2, -0.15) is 10.2 Å². The van der Waals surface area contributed by atoms with Crippen LogP contribution in [0, 0.1) is 13.8 Å². The highest BCUT2D eigenvalue weighted by molar-refractivity contribution is 5.92. The third-order valence-electron chi connectivity index (χ3n) is 6.16. The van der Waals surface area contributed by atoms with Crippen LogP contribution in [-0.2, 0) is 4.74 Å². The molecule has 176 valence electrons. The molecule has 5 rings (SSSR count). The number of rotatable bonds is 6. The quantitative estimate of drug-likeness (QED) is 0.473. The molecule has 1 fully saturated rings. The van der Waals surface area contributed by atoms with Crippen LogP contribution in [0.2, 0.25) is 0 Å². The molecule has 1 N–H and O–H groups in total. The highest BCUT2D eigenvalue weighted by atomic mass is 16.5. The number of aromatic nitrogens is 4. The Bertz CT molecular complexity index is 1280. The summed E-state index contributed by atoms with van der Waals surface area (Å²) in [6.45, 7) is 6.31. The summed E-state index contributed by atoms with van der Waals surface area (Å²) in [6, 6.07) is 18.3. The standard InChI is InChI=1S/C26H30N6O2/c1-17-23-18(2)32(30-24(23)26(29-28-17)31(3)4)20-11-8-12-21(15-20)34-25(19-9-6-5-7-10-19)22-16-27-13-14-33-22/h5-12,15,22,25,27H,13-14,16H2,1-4H3/t22-,25+/m0/s1. The van der Waals surface area contributed by atoms with Crippen LogP contribution in [0.3, 0.4) is 0 Å². The second kappa shape index (κ2) is 9.40. The molecule has 1 saturated heterocycles. The normalized spacial score (nSPS) is 17.0. The fourth-order valence-electron chi connectivity index (χ4n) is 4.48. The fraction of sp³-hybridized carbons (Fsp3) is 0.346. The van der Waals surface area contributed by atoms with E-state index in [0.717, 1.165) is 58.2 Å². The van der Waals surface area contributed by atoms with E-state index in [1.54, 1.807) is 0 Å². The van der Waals surface area contributed by atoms with Crippen molar-refractivity contribution < 1.29 is 9.47 Å². The Kier molecular flexibility index (Phi) is 6.17. The van der Waals surface area contributed by atoms with E-state index in [2.05, 4.69) is 34.6 Å². The molecule has 3 heterocycles. The Morgan fingerprint density at radius 2 is 1.91 bits per heavy atom. The third kappa shape index (κ3) is 4.22. The van der Waals surface area contributed by atoms with Crippen molar-refractivity contribution in [3.8, 4) is 11.4 Å². The second-order valence-corrected chi connectivity index (χ2v) is 8.78. The molecule has 0 bridgehead atoms. The first-order chi connectivity index (χ1) is 16.5. The van der Waals surface area contributed by atoms with Gasteiger partial charge in [0, 0.05) is 33.3 Å². The minimum atomic E-state index is -0.224. The van der Waals surface area contributed by atoms with Crippen molar-refractivity contribution in [2.75, 3.05) is 38.7 Å². The van der Waals surface area contributed by atoms with Crippen molar-refractivity contribution in [3.05, 3.63) is 71.5 Å². The zero-order valence-corrected chi connectivity index (χ0v) is 20.0. The number of benzene rings is 2. The molecule has 0 aliphatic carbocycles. The molecule has 4 aromatic rings. The highest BCUT2D eigenvalue weighted by Gasteiger charge is 2.28. The highest BCUT2D eigenvalue weighted by Crippen LogP contribution is 2.31. The Morgan fingerprint density at radius 1 is 1.09 bits per heavy atom. The third-order valence-corrected chi connectivity index (χ3v) is 6.16. The summed E-state index contributed by atoms with van der Waals surface area (Å²) in [7, 11) is 3.90. The van der Waals surface area contributed by atoms with E-state index in [1.807, 2.05) is 73.1 Å². The average molecular weight is 459 g/mol. The van der Waals surface area contributed by atoms with Crippen LogP contribution in [0.25, 0.3) is 16.6 Å². The summed E-state index contributed by atoms with van der Waals surface area (Å²) >= 11 is 0. The number of anilines is 1. The second-order valence-electron chi connectivity index (χ2n) is 8.78. The summed E-state index contributed by atoms with van der Waals surface area (Å²) in [5.74, 6) is 1.52. The number of nitrogens with one attached hydrogen (secondary N) is 1. The van der Waals surface area contributed by atoms with Crippen LogP contribution >= 0.6 is 0 Å². The molecule has 0 unspecified atom stereocenters. The monoisotopic (exact) mass is 458 g/mol. The number of ether oxygens (including phenoxy) is 2. The predicted octanol–water partition coefficient (Wildman–Crippen LogP) is 3.61. The van der Waals surface area contributed by atoms with Gasteiger partial charge in [-0.05, 0) is 31.5 Å². The Hall–Kier alpha value is -3.49. The molecule has 0 spiro atoms. The first-order valence-electron chi connectivity index (χ1n) is 11.6. The smallest absolute Gasteiger partial charge is 0.179 e. The van der Waals surface area contributed by atoms with Gasteiger partial charge < -0.3 is 19.7 Å². The molecule has 0 amide bonds. The van der Waals surface area contributed by atoms with E-state index < -0.39 is 0 Å². The summed E-state index contributed by atoms with van der Waals surface area (Å²) in [6.07, 6.45) is -0.297. The Balaban J connectivity index is 1.52. The maximum absolute atomic E-state index is 6.56. The number of aryl methyl sites for hydroxylation is 2. The number of nitrogens with zero attached hydrogens (tertiary/aromatic N) is 5. The lowest BCUT2D eigenvalue weighted by molar-refractivity contribution is -0.0432. The number of hydrogen-bond acceptors (Lipinski definition) is 7. The Labute approximate surface area is 199 Å². The summed E-state index contributed by atoms with van der Waals surface area (Å²) in [4.78, 5) is 1.94. The van der Waals surface area contributed by atoms with E-state index in [9.17, 15) is 0 Å². The van der Waals surface area contributed by atoms with Gasteiger partial charge >= 0.3 is 0 Å². The summed E-state index contributed by atoms with van der Waals surface area (Å²) < 4.78 is 14.6. The van der Waals surface area contributed by atoms with Gasteiger partial charge in [-0.1, -0.05) is 36.4 Å². The van der Waals surface area contributed by atoms with Crippen LogP contribution in [0.4, 0.5) is 5.82 Å². The Morgan fingerprint density at radius 3 is 2.65 bits per heavy atom. The average Bonchev–Trinajstić information content (AvgIpc) is 3.21. The number of hydrogen-bond donors (Lipinski definition) is 1. The molecule has 2 aromatic carbocycles. The van der Waals surface area contributed by atoms with Gasteiger partial charge in [-0.15, -0.1) is 5.10 Å². The molecule has 34 heavy (non-hydrogen) atoms. The largest absolute Gasteiger partial charge is 0.483 e. The van der Waals surface area contributed by atoms with Gasteiger partial charge in [0.15, 0.2) is 11.9 Å². The first kappa shape index (κ1) is 22.3. The van der Waals surface area contributed by atoms with E-state index in [0.29, 0.717) is 6.61 Å². The van der Waals surface area contributed by atoms with Crippen molar-refractivity contribution in [1.29, 1.82) is 0 Å². The van der Waals surface area contributed by atoms with Gasteiger partial charge in [-0.25, -0.2) is 4.68 Å². The van der Waals surface area contributed by atoms with Crippen LogP contribution in [0.15, 0.2) is 54.6 Å². The van der Waals surface area contributed by atoms with E-state index in [-0.39, 0.29) is 12.2 Å². The predicted molar refractivity (Wildman–Crippen MR) is 133 cm³/mol. The maximum atomic E-state index is 6.56. The molecule has 8 heteroatoms. The number of morpholine rings is 1. The molecule has 1 aliphatic heterocycles. The van der Waals surface area contributed by atoms with Crippen LogP contribution in [0.5, 0.6) is 5.75 Å². The minimum absolute atomic E-state index is 0.0729. The van der Waals surface area contributed by atoms with Crippen molar-refractivity contribution in [2.24, 2.45) is 0 Å². The molecule has 2 atom stereocenters.